The first-order chi connectivity index (χ1) is 17.0. The molecule has 6 nitrogen and oxygen atoms in total. The molecule has 0 bridgehead atoms. The van der Waals surface area contributed by atoms with Crippen LogP contribution < -0.4 is 5.32 Å². The van der Waals surface area contributed by atoms with Crippen molar-refractivity contribution in [2.24, 2.45) is 0 Å². The van der Waals surface area contributed by atoms with E-state index in [1.165, 1.54) is 28.5 Å². The van der Waals surface area contributed by atoms with Gasteiger partial charge in [0.25, 0.3) is 5.91 Å². The minimum atomic E-state index is -0.242. The predicted molar refractivity (Wildman–Crippen MR) is 137 cm³/mol. The number of hydrogen-bond donors (Lipinski definition) is 1. The number of benzene rings is 2. The molecule has 0 saturated heterocycles. The molecule has 2 heterocycles. The Morgan fingerprint density at radius 1 is 1.03 bits per heavy atom. The molecule has 0 unspecified atom stereocenters. The molecule has 180 valence electrons. The van der Waals surface area contributed by atoms with Crippen LogP contribution in [0, 0.1) is 13.8 Å². The summed E-state index contributed by atoms with van der Waals surface area (Å²) in [5.41, 5.74) is 6.20. The summed E-state index contributed by atoms with van der Waals surface area (Å²) in [4.78, 5) is 23.7. The third-order valence-corrected chi connectivity index (χ3v) is 6.22. The molecule has 35 heavy (non-hydrogen) atoms. The highest BCUT2D eigenvalue weighted by Gasteiger charge is 2.21. The maximum atomic E-state index is 12.6. The number of hydrogen-bond acceptors (Lipinski definition) is 5. The third kappa shape index (κ3) is 6.64. The van der Waals surface area contributed by atoms with Gasteiger partial charge in [0, 0.05) is 37.4 Å². The molecule has 6 heteroatoms. The molecule has 0 spiro atoms. The Morgan fingerprint density at radius 2 is 1.83 bits per heavy atom. The quantitative estimate of drug-likeness (QED) is 0.336. The largest absolute Gasteiger partial charge is 0.447 e. The molecule has 0 fully saturated rings. The molecule has 4 rings (SSSR count). The number of pyridine rings is 1. The van der Waals surface area contributed by atoms with E-state index in [0.29, 0.717) is 31.1 Å². The second-order valence-electron chi connectivity index (χ2n) is 8.88. The molecular weight excluding hydrogens is 436 g/mol. The van der Waals surface area contributed by atoms with Crippen molar-refractivity contribution >= 4 is 5.91 Å². The van der Waals surface area contributed by atoms with Crippen LogP contribution in [0.15, 0.2) is 83.6 Å². The summed E-state index contributed by atoms with van der Waals surface area (Å²) in [6, 6.07) is 22.8. The zero-order chi connectivity index (χ0) is 24.6. The molecule has 0 radical (unpaired) electrons. The molecule has 0 aliphatic rings. The highest BCUT2D eigenvalue weighted by Crippen LogP contribution is 2.26. The number of carbonyl (C=O) groups excluding carboxylic acids is 1. The van der Waals surface area contributed by atoms with Crippen LogP contribution in [0.4, 0.5) is 0 Å². The van der Waals surface area contributed by atoms with Gasteiger partial charge in [0.05, 0.1) is 6.54 Å². The lowest BCUT2D eigenvalue weighted by Crippen LogP contribution is -2.28. The minimum absolute atomic E-state index is 0.138. The van der Waals surface area contributed by atoms with Crippen molar-refractivity contribution in [3.05, 3.63) is 119 Å². The summed E-state index contributed by atoms with van der Waals surface area (Å²) >= 11 is 0. The molecule has 2 aromatic heterocycles. The molecule has 1 amide bonds. The van der Waals surface area contributed by atoms with Gasteiger partial charge in [-0.05, 0) is 49.6 Å². The van der Waals surface area contributed by atoms with E-state index < -0.39 is 0 Å². The molecule has 2 aromatic carbocycles. The highest BCUT2D eigenvalue weighted by atomic mass is 16.3. The van der Waals surface area contributed by atoms with E-state index in [2.05, 4.69) is 83.4 Å². The fourth-order valence-corrected chi connectivity index (χ4v) is 4.06. The average molecular weight is 469 g/mol. The lowest BCUT2D eigenvalue weighted by Gasteiger charge is -2.29. The van der Waals surface area contributed by atoms with E-state index in [4.69, 9.17) is 4.42 Å². The molecule has 0 aliphatic heterocycles. The first-order valence-corrected chi connectivity index (χ1v) is 12.0. The Bertz CT molecular complexity index is 1240. The summed E-state index contributed by atoms with van der Waals surface area (Å²) in [6.45, 7) is 8.16. The number of carbonyl (C=O) groups is 1. The molecule has 0 saturated carbocycles. The SMILES string of the molecule is Cc1ccc(C)c(CN(Cc2nc(C(=O)NCCc3ccccn3)co2)[C@@H](C)c2ccccc2)c1. The van der Waals surface area contributed by atoms with Gasteiger partial charge in [0.2, 0.25) is 5.89 Å². The van der Waals surface area contributed by atoms with Crippen LogP contribution in [0.2, 0.25) is 0 Å². The Morgan fingerprint density at radius 3 is 2.60 bits per heavy atom. The second kappa shape index (κ2) is 11.6. The van der Waals surface area contributed by atoms with Gasteiger partial charge in [0.1, 0.15) is 6.26 Å². The number of nitrogens with one attached hydrogen (secondary N) is 1. The van der Waals surface area contributed by atoms with E-state index in [1.807, 2.05) is 24.3 Å². The van der Waals surface area contributed by atoms with Crippen LogP contribution in [0.3, 0.4) is 0 Å². The monoisotopic (exact) mass is 468 g/mol. The maximum Gasteiger partial charge on any atom is 0.273 e. The molecule has 0 aliphatic carbocycles. The van der Waals surface area contributed by atoms with Crippen LogP contribution in [0.25, 0.3) is 0 Å². The molecule has 4 aromatic rings. The standard InChI is InChI=1S/C29H32N4O2/c1-21-12-13-22(2)25(17-21)18-33(23(3)24-9-5-4-6-10-24)19-28-32-27(20-35-28)29(34)31-16-14-26-11-7-8-15-30-26/h4-13,15,17,20,23H,14,16,18-19H2,1-3H3,(H,31,34)/t23-/m0/s1. The van der Waals surface area contributed by atoms with Gasteiger partial charge in [-0.3, -0.25) is 14.7 Å². The third-order valence-electron chi connectivity index (χ3n) is 6.22. The number of amides is 1. The van der Waals surface area contributed by atoms with E-state index in [-0.39, 0.29) is 11.9 Å². The summed E-state index contributed by atoms with van der Waals surface area (Å²) < 4.78 is 5.73. The summed E-state index contributed by atoms with van der Waals surface area (Å²) in [5, 5.41) is 2.90. The molecular formula is C29H32N4O2. The van der Waals surface area contributed by atoms with Crippen molar-refractivity contribution in [3.63, 3.8) is 0 Å². The topological polar surface area (TPSA) is 71.3 Å². The maximum absolute atomic E-state index is 12.6. The Labute approximate surface area is 207 Å². The number of aryl methyl sites for hydroxylation is 2. The number of rotatable bonds is 10. The van der Waals surface area contributed by atoms with Gasteiger partial charge in [-0.1, -0.05) is 60.2 Å². The van der Waals surface area contributed by atoms with Crippen molar-refractivity contribution in [1.82, 2.24) is 20.2 Å². The Kier molecular flexibility index (Phi) is 8.06. The summed E-state index contributed by atoms with van der Waals surface area (Å²) in [7, 11) is 0. The van der Waals surface area contributed by atoms with E-state index in [9.17, 15) is 4.79 Å². The normalized spacial score (nSPS) is 12.0. The van der Waals surface area contributed by atoms with Crippen molar-refractivity contribution in [3.8, 4) is 0 Å². The Hall–Kier alpha value is -3.77. The first kappa shape index (κ1) is 24.4. The smallest absolute Gasteiger partial charge is 0.273 e. The fourth-order valence-electron chi connectivity index (χ4n) is 4.06. The van der Waals surface area contributed by atoms with Crippen LogP contribution in [0.1, 0.15) is 57.3 Å². The van der Waals surface area contributed by atoms with Crippen molar-refractivity contribution in [1.29, 1.82) is 0 Å². The predicted octanol–water partition coefficient (Wildman–Crippen LogP) is 5.42. The van der Waals surface area contributed by atoms with Crippen LogP contribution in [-0.2, 0) is 19.5 Å². The van der Waals surface area contributed by atoms with Crippen LogP contribution >= 0.6 is 0 Å². The first-order valence-electron chi connectivity index (χ1n) is 12.0. The van der Waals surface area contributed by atoms with Crippen molar-refractivity contribution < 1.29 is 9.21 Å². The van der Waals surface area contributed by atoms with Gasteiger partial charge in [-0.2, -0.15) is 0 Å². The van der Waals surface area contributed by atoms with E-state index in [1.54, 1.807) is 6.20 Å². The lowest BCUT2D eigenvalue weighted by atomic mass is 10.0. The zero-order valence-corrected chi connectivity index (χ0v) is 20.6. The average Bonchev–Trinajstić information content (AvgIpc) is 3.35. The van der Waals surface area contributed by atoms with Crippen molar-refractivity contribution in [2.75, 3.05) is 6.54 Å². The van der Waals surface area contributed by atoms with Gasteiger partial charge in [-0.25, -0.2) is 4.98 Å². The minimum Gasteiger partial charge on any atom is -0.447 e. The number of nitrogens with zero attached hydrogens (tertiary/aromatic N) is 3. The number of oxazole rings is 1. The van der Waals surface area contributed by atoms with Crippen LogP contribution in [0.5, 0.6) is 0 Å². The highest BCUT2D eigenvalue weighted by molar-refractivity contribution is 5.91. The summed E-state index contributed by atoms with van der Waals surface area (Å²) in [6.07, 6.45) is 3.85. The van der Waals surface area contributed by atoms with Crippen molar-refractivity contribution in [2.45, 2.75) is 46.3 Å². The van der Waals surface area contributed by atoms with Gasteiger partial charge in [0.15, 0.2) is 5.69 Å². The lowest BCUT2D eigenvalue weighted by molar-refractivity contribution is 0.0949. The zero-order valence-electron chi connectivity index (χ0n) is 20.6. The van der Waals surface area contributed by atoms with Gasteiger partial charge in [-0.15, -0.1) is 0 Å². The summed E-state index contributed by atoms with van der Waals surface area (Å²) in [5.74, 6) is 0.279. The second-order valence-corrected chi connectivity index (χ2v) is 8.88. The van der Waals surface area contributed by atoms with Gasteiger partial charge < -0.3 is 9.73 Å². The molecule has 1 atom stereocenters. The fraction of sp³-hybridized carbons (Fsp3) is 0.276. The van der Waals surface area contributed by atoms with E-state index in [0.717, 1.165) is 12.2 Å². The Balaban J connectivity index is 1.45. The van der Waals surface area contributed by atoms with Crippen LogP contribution in [-0.4, -0.2) is 27.3 Å². The molecule has 1 N–H and O–H groups in total. The van der Waals surface area contributed by atoms with E-state index >= 15 is 0 Å². The van der Waals surface area contributed by atoms with Gasteiger partial charge >= 0.3 is 0 Å². The number of aromatic nitrogens is 2.